The lowest BCUT2D eigenvalue weighted by Crippen LogP contribution is -2.46. The second kappa shape index (κ2) is 12.2. The molecule has 5 nitrogen and oxygen atoms in total. The van der Waals surface area contributed by atoms with Crippen LogP contribution in [0.4, 0.5) is 13.2 Å². The first kappa shape index (κ1) is 26.8. The van der Waals surface area contributed by atoms with Crippen LogP contribution in [-0.4, -0.2) is 67.1 Å². The van der Waals surface area contributed by atoms with Crippen molar-refractivity contribution in [3.05, 3.63) is 59.2 Å². The fraction of sp³-hybridized carbons (Fsp3) is 0.423. The van der Waals surface area contributed by atoms with Gasteiger partial charge in [-0.15, -0.1) is 6.42 Å². The van der Waals surface area contributed by atoms with E-state index in [-0.39, 0.29) is 11.9 Å². The van der Waals surface area contributed by atoms with Crippen LogP contribution in [0.3, 0.4) is 0 Å². The summed E-state index contributed by atoms with van der Waals surface area (Å²) in [6.45, 7) is 7.32. The highest BCUT2D eigenvalue weighted by molar-refractivity contribution is 8.14. The van der Waals surface area contributed by atoms with Gasteiger partial charge in [-0.05, 0) is 49.4 Å². The molecule has 2 aliphatic rings. The molecule has 35 heavy (non-hydrogen) atoms. The first-order valence-corrected chi connectivity index (χ1v) is 12.1. The van der Waals surface area contributed by atoms with E-state index in [0.29, 0.717) is 17.1 Å². The van der Waals surface area contributed by atoms with Gasteiger partial charge in [0.2, 0.25) is 0 Å². The molecule has 188 valence electrons. The summed E-state index contributed by atoms with van der Waals surface area (Å²) in [5, 5.41) is 1.42. The number of hydrogen-bond donors (Lipinski definition) is 0. The summed E-state index contributed by atoms with van der Waals surface area (Å²) in [5.41, 5.74) is 1.03. The number of hydrogen-bond acceptors (Lipinski definition) is 6. The number of aliphatic imine (C=N–C) groups is 1. The quantitative estimate of drug-likeness (QED) is 0.551. The van der Waals surface area contributed by atoms with Gasteiger partial charge in [0.15, 0.2) is 16.7 Å². The van der Waals surface area contributed by atoms with Crippen LogP contribution in [0.5, 0.6) is 11.5 Å². The van der Waals surface area contributed by atoms with E-state index in [4.69, 9.17) is 15.9 Å². The van der Waals surface area contributed by atoms with E-state index in [1.54, 1.807) is 24.9 Å². The van der Waals surface area contributed by atoms with Crippen LogP contribution in [0.15, 0.2) is 47.5 Å². The highest BCUT2D eigenvalue weighted by atomic mass is 32.2. The summed E-state index contributed by atoms with van der Waals surface area (Å²) in [4.78, 5) is 9.17. The highest BCUT2D eigenvalue weighted by Crippen LogP contribution is 2.31. The van der Waals surface area contributed by atoms with Gasteiger partial charge in [-0.3, -0.25) is 4.99 Å². The number of alkyl halides is 3. The van der Waals surface area contributed by atoms with Gasteiger partial charge in [-0.1, -0.05) is 35.9 Å². The molecule has 0 spiro atoms. The Bertz CT molecular complexity index is 1040. The third-order valence-electron chi connectivity index (χ3n) is 5.59. The first-order chi connectivity index (χ1) is 16.7. The number of halogens is 3. The Labute approximate surface area is 209 Å². The van der Waals surface area contributed by atoms with Gasteiger partial charge in [-0.2, -0.15) is 13.2 Å². The molecule has 0 aliphatic carbocycles. The topological polar surface area (TPSA) is 37.3 Å². The maximum atomic E-state index is 12.5. The molecule has 1 fully saturated rings. The van der Waals surface area contributed by atoms with Gasteiger partial charge in [0, 0.05) is 26.2 Å². The standard InChI is InChI=1S/C16H15F3O2.C10H15N3S/c1-11-3-8-14(15(9-11)20-2)21-10-12-4-6-13(7-5-12)16(17,18)19;1-3-9-8-11-10(14-9)13-6-4-12(2)5-7-13/h3-9H,10H2,1-2H3;1,9H,4-8H2,2H3. The Hall–Kier alpha value is -2.83. The number of terminal acetylenes is 1. The number of nitrogens with zero attached hydrogens (tertiary/aromatic N) is 3. The summed E-state index contributed by atoms with van der Waals surface area (Å²) in [7, 11) is 3.70. The Morgan fingerprint density at radius 1 is 1.09 bits per heavy atom. The van der Waals surface area contributed by atoms with E-state index in [0.717, 1.165) is 55.6 Å². The molecule has 4 rings (SSSR count). The monoisotopic (exact) mass is 505 g/mol. The van der Waals surface area contributed by atoms with Crippen molar-refractivity contribution < 1.29 is 22.6 Å². The normalized spacial score (nSPS) is 18.3. The number of ether oxygens (including phenoxy) is 2. The Morgan fingerprint density at radius 3 is 2.34 bits per heavy atom. The van der Waals surface area contributed by atoms with Gasteiger partial charge < -0.3 is 19.3 Å². The molecule has 0 amide bonds. The van der Waals surface area contributed by atoms with Crippen LogP contribution in [0, 0.1) is 19.3 Å². The zero-order chi connectivity index (χ0) is 25.4. The summed E-state index contributed by atoms with van der Waals surface area (Å²) in [5.74, 6) is 3.91. The van der Waals surface area contributed by atoms with Crippen LogP contribution in [0.2, 0.25) is 0 Å². The third kappa shape index (κ3) is 7.84. The van der Waals surface area contributed by atoms with Crippen LogP contribution >= 0.6 is 11.8 Å². The van der Waals surface area contributed by atoms with Gasteiger partial charge in [0.25, 0.3) is 0 Å². The summed E-state index contributed by atoms with van der Waals surface area (Å²) in [6, 6.07) is 10.4. The fourth-order valence-electron chi connectivity index (χ4n) is 3.47. The minimum Gasteiger partial charge on any atom is -0.493 e. The van der Waals surface area contributed by atoms with E-state index < -0.39 is 11.7 Å². The largest absolute Gasteiger partial charge is 0.493 e. The van der Waals surface area contributed by atoms with Crippen molar-refractivity contribution in [3.8, 4) is 23.8 Å². The molecule has 0 N–H and O–H groups in total. The van der Waals surface area contributed by atoms with E-state index >= 15 is 0 Å². The molecule has 2 aliphatic heterocycles. The zero-order valence-electron chi connectivity index (χ0n) is 20.1. The van der Waals surface area contributed by atoms with E-state index in [1.165, 1.54) is 12.1 Å². The van der Waals surface area contributed by atoms with Crippen molar-refractivity contribution in [2.75, 3.05) is 46.9 Å². The molecule has 0 radical (unpaired) electrons. The molecule has 0 aromatic heterocycles. The number of aryl methyl sites for hydroxylation is 1. The molecular weight excluding hydrogens is 475 g/mol. The van der Waals surface area contributed by atoms with Crippen molar-refractivity contribution in [2.45, 2.75) is 25.0 Å². The lowest BCUT2D eigenvalue weighted by molar-refractivity contribution is -0.137. The smallest absolute Gasteiger partial charge is 0.416 e. The van der Waals surface area contributed by atoms with Crippen LogP contribution in [-0.2, 0) is 12.8 Å². The highest BCUT2D eigenvalue weighted by Gasteiger charge is 2.30. The number of piperazine rings is 1. The minimum atomic E-state index is -4.32. The Kier molecular flexibility index (Phi) is 9.35. The molecule has 2 aromatic carbocycles. The molecule has 1 atom stereocenters. The number of benzene rings is 2. The molecular formula is C26H30F3N3O2S. The summed E-state index contributed by atoms with van der Waals surface area (Å²) in [6.07, 6.45) is 1.06. The fourth-order valence-corrected chi connectivity index (χ4v) is 4.42. The van der Waals surface area contributed by atoms with Gasteiger partial charge in [0.05, 0.1) is 24.5 Å². The van der Waals surface area contributed by atoms with Crippen LogP contribution < -0.4 is 9.47 Å². The summed E-state index contributed by atoms with van der Waals surface area (Å²) < 4.78 is 48.2. The molecule has 0 saturated carbocycles. The maximum absolute atomic E-state index is 12.5. The SMILES string of the molecule is C#CC1CN=C(N2CCN(C)CC2)S1.COc1cc(C)ccc1OCc1ccc(C(F)(F)F)cc1. The van der Waals surface area contributed by atoms with E-state index in [1.807, 2.05) is 19.1 Å². The van der Waals surface area contributed by atoms with Crippen LogP contribution in [0.25, 0.3) is 0 Å². The van der Waals surface area contributed by atoms with E-state index in [9.17, 15) is 13.2 Å². The molecule has 0 bridgehead atoms. The van der Waals surface area contributed by atoms with Crippen molar-refractivity contribution in [3.63, 3.8) is 0 Å². The number of thioether (sulfide) groups is 1. The van der Waals surface area contributed by atoms with Crippen molar-refractivity contribution in [1.29, 1.82) is 0 Å². The summed E-state index contributed by atoms with van der Waals surface area (Å²) >= 11 is 1.74. The Morgan fingerprint density at radius 2 is 1.77 bits per heavy atom. The molecule has 2 heterocycles. The number of rotatable bonds is 4. The average Bonchev–Trinajstić information content (AvgIpc) is 3.33. The number of amidine groups is 1. The second-order valence-corrected chi connectivity index (χ2v) is 9.49. The lowest BCUT2D eigenvalue weighted by Gasteiger charge is -2.33. The predicted octanol–water partition coefficient (Wildman–Crippen LogP) is 4.94. The van der Waals surface area contributed by atoms with Gasteiger partial charge >= 0.3 is 6.18 Å². The van der Waals surface area contributed by atoms with Crippen molar-refractivity contribution >= 4 is 16.9 Å². The lowest BCUT2D eigenvalue weighted by atomic mass is 10.1. The molecule has 1 saturated heterocycles. The molecule has 2 aromatic rings. The first-order valence-electron chi connectivity index (χ1n) is 11.2. The average molecular weight is 506 g/mol. The third-order valence-corrected chi connectivity index (χ3v) is 6.76. The predicted molar refractivity (Wildman–Crippen MR) is 135 cm³/mol. The van der Waals surface area contributed by atoms with Crippen molar-refractivity contribution in [1.82, 2.24) is 9.80 Å². The van der Waals surface area contributed by atoms with E-state index in [2.05, 4.69) is 27.8 Å². The van der Waals surface area contributed by atoms with Gasteiger partial charge in [-0.25, -0.2) is 0 Å². The molecule has 9 heteroatoms. The zero-order valence-corrected chi connectivity index (χ0v) is 21.0. The van der Waals surface area contributed by atoms with Gasteiger partial charge in [0.1, 0.15) is 6.61 Å². The minimum absolute atomic E-state index is 0.178. The number of methoxy groups -OCH3 is 1. The van der Waals surface area contributed by atoms with Crippen molar-refractivity contribution in [2.24, 2.45) is 4.99 Å². The Balaban J connectivity index is 0.000000211. The second-order valence-electron chi connectivity index (χ2n) is 8.32. The maximum Gasteiger partial charge on any atom is 0.416 e. The molecule has 1 unspecified atom stereocenters. The number of likely N-dealkylation sites (N-methyl/N-ethyl adjacent to an activating group) is 1. The van der Waals surface area contributed by atoms with Crippen LogP contribution in [0.1, 0.15) is 16.7 Å².